The highest BCUT2D eigenvalue weighted by molar-refractivity contribution is 5.81. The maximum atomic E-state index is 10.2. The van der Waals surface area contributed by atoms with Crippen molar-refractivity contribution in [1.82, 2.24) is 0 Å². The van der Waals surface area contributed by atoms with Gasteiger partial charge in [0.25, 0.3) is 0 Å². The van der Waals surface area contributed by atoms with E-state index in [2.05, 4.69) is 4.74 Å². The van der Waals surface area contributed by atoms with Crippen LogP contribution in [0.25, 0.3) is 0 Å². The fourth-order valence-corrected chi connectivity index (χ4v) is 0.251. The molecule has 0 spiro atoms. The third-order valence-corrected chi connectivity index (χ3v) is 0.497. The highest BCUT2D eigenvalue weighted by atomic mass is 16.5. The molecule has 1 N–H and O–H groups in total. The Morgan fingerprint density at radius 3 is 2.88 bits per heavy atom. The first-order valence-corrected chi connectivity index (χ1v) is 2.28. The molecule has 8 heavy (non-hydrogen) atoms. The van der Waals surface area contributed by atoms with E-state index in [0.717, 1.165) is 6.08 Å². The number of aliphatic hydroxyl groups is 1. The molecule has 0 aliphatic rings. The van der Waals surface area contributed by atoms with Crippen LogP contribution in [0.4, 0.5) is 0 Å². The van der Waals surface area contributed by atoms with E-state index in [1.54, 1.807) is 6.92 Å². The van der Waals surface area contributed by atoms with Gasteiger partial charge in [0, 0.05) is 0 Å². The van der Waals surface area contributed by atoms with Gasteiger partial charge in [0.05, 0.1) is 18.9 Å². The summed E-state index contributed by atoms with van der Waals surface area (Å²) in [5.74, 6) is -0.519. The molecule has 0 fully saturated rings. The Kier molecular flexibility index (Phi) is 3.66. The smallest absolute Gasteiger partial charge is 0.333 e. The Labute approximate surface area is 47.6 Å². The second-order valence-corrected chi connectivity index (χ2v) is 1.07. The van der Waals surface area contributed by atoms with Crippen LogP contribution in [0.1, 0.15) is 6.92 Å². The summed E-state index contributed by atoms with van der Waals surface area (Å²) < 4.78 is 4.40. The highest BCUT2D eigenvalue weighted by Gasteiger charge is 1.89. The molecule has 0 aromatic rings. The zero-order valence-electron chi connectivity index (χ0n) is 4.63. The summed E-state index contributed by atoms with van der Waals surface area (Å²) in [6, 6.07) is 0. The Morgan fingerprint density at radius 2 is 2.50 bits per heavy atom. The van der Waals surface area contributed by atoms with Crippen LogP contribution in [0.15, 0.2) is 12.3 Å². The summed E-state index contributed by atoms with van der Waals surface area (Å²) in [6.07, 6.45) is 1.60. The third kappa shape index (κ3) is 3.21. The molecule has 46 valence electrons. The molecule has 0 aromatic carbocycles. The summed E-state index contributed by atoms with van der Waals surface area (Å²) in [5.41, 5.74) is 0. The molecule has 0 heterocycles. The van der Waals surface area contributed by atoms with Gasteiger partial charge in [-0.2, -0.15) is 0 Å². The maximum Gasteiger partial charge on any atom is 0.333 e. The van der Waals surface area contributed by atoms with Crippen molar-refractivity contribution in [2.24, 2.45) is 0 Å². The number of hydrogen-bond donors (Lipinski definition) is 1. The second-order valence-electron chi connectivity index (χ2n) is 1.07. The van der Waals surface area contributed by atoms with E-state index in [1.165, 1.54) is 0 Å². The quantitative estimate of drug-likeness (QED) is 0.327. The standard InChI is InChI=1S/C5H8O3/c1-2-8-5(7)3-4-6/h3-4,6H,2H2,1H3/b4-3+. The van der Waals surface area contributed by atoms with Gasteiger partial charge < -0.3 is 9.84 Å². The summed E-state index contributed by atoms with van der Waals surface area (Å²) in [4.78, 5) is 10.2. The minimum Gasteiger partial charge on any atom is -0.515 e. The van der Waals surface area contributed by atoms with Gasteiger partial charge >= 0.3 is 5.97 Å². The summed E-state index contributed by atoms with van der Waals surface area (Å²) in [7, 11) is 0. The average molecular weight is 116 g/mol. The van der Waals surface area contributed by atoms with Gasteiger partial charge in [0.1, 0.15) is 0 Å². The molecule has 0 aliphatic carbocycles. The summed E-state index contributed by atoms with van der Waals surface area (Å²) in [5, 5.41) is 7.98. The monoisotopic (exact) mass is 116 g/mol. The number of esters is 1. The molecule has 0 radical (unpaired) electrons. The van der Waals surface area contributed by atoms with Crippen LogP contribution in [0, 0.1) is 0 Å². The molecule has 0 atom stereocenters. The summed E-state index contributed by atoms with van der Waals surface area (Å²) >= 11 is 0. The largest absolute Gasteiger partial charge is 0.515 e. The summed E-state index contributed by atoms with van der Waals surface area (Å²) in [6.45, 7) is 2.03. The van der Waals surface area contributed by atoms with E-state index in [-0.39, 0.29) is 0 Å². The van der Waals surface area contributed by atoms with Crippen LogP contribution < -0.4 is 0 Å². The molecule has 0 saturated carbocycles. The van der Waals surface area contributed by atoms with Gasteiger partial charge in [0.2, 0.25) is 0 Å². The zero-order chi connectivity index (χ0) is 6.41. The van der Waals surface area contributed by atoms with Gasteiger partial charge in [-0.15, -0.1) is 0 Å². The molecule has 0 bridgehead atoms. The third-order valence-electron chi connectivity index (χ3n) is 0.497. The fraction of sp³-hybridized carbons (Fsp3) is 0.400. The molecule has 0 aliphatic heterocycles. The lowest BCUT2D eigenvalue weighted by Crippen LogP contribution is -1.98. The van der Waals surface area contributed by atoms with E-state index >= 15 is 0 Å². The van der Waals surface area contributed by atoms with Crippen LogP contribution in [-0.4, -0.2) is 17.7 Å². The number of ether oxygens (including phenoxy) is 1. The Hall–Kier alpha value is -0.990. The first-order valence-electron chi connectivity index (χ1n) is 2.28. The van der Waals surface area contributed by atoms with Gasteiger partial charge in [0.15, 0.2) is 0 Å². The van der Waals surface area contributed by atoms with Gasteiger partial charge in [-0.05, 0) is 6.92 Å². The Morgan fingerprint density at radius 1 is 1.88 bits per heavy atom. The van der Waals surface area contributed by atoms with Crippen LogP contribution in [-0.2, 0) is 9.53 Å². The van der Waals surface area contributed by atoms with Crippen molar-refractivity contribution in [3.8, 4) is 0 Å². The first kappa shape index (κ1) is 7.01. The molecule has 0 saturated heterocycles. The second kappa shape index (κ2) is 4.18. The lowest BCUT2D eigenvalue weighted by atomic mass is 10.6. The molecular weight excluding hydrogens is 108 g/mol. The predicted octanol–water partition coefficient (Wildman–Crippen LogP) is 0.621. The van der Waals surface area contributed by atoms with Crippen LogP contribution >= 0.6 is 0 Å². The average Bonchev–Trinajstić information content (AvgIpc) is 1.68. The van der Waals surface area contributed by atoms with Crippen molar-refractivity contribution in [2.45, 2.75) is 6.92 Å². The van der Waals surface area contributed by atoms with Crippen molar-refractivity contribution in [1.29, 1.82) is 0 Å². The molecule has 3 heteroatoms. The SMILES string of the molecule is CCOC(=O)/C=C/O. The van der Waals surface area contributed by atoms with E-state index in [4.69, 9.17) is 5.11 Å². The molecule has 3 nitrogen and oxygen atoms in total. The van der Waals surface area contributed by atoms with Gasteiger partial charge in [-0.1, -0.05) is 0 Å². The number of hydrogen-bond acceptors (Lipinski definition) is 3. The molecule has 0 amide bonds. The fourth-order valence-electron chi connectivity index (χ4n) is 0.251. The lowest BCUT2D eigenvalue weighted by molar-refractivity contribution is -0.137. The normalized spacial score (nSPS) is 9.62. The van der Waals surface area contributed by atoms with Crippen LogP contribution in [0.5, 0.6) is 0 Å². The van der Waals surface area contributed by atoms with E-state index in [1.807, 2.05) is 0 Å². The number of carbonyl (C=O) groups excluding carboxylic acids is 1. The lowest BCUT2D eigenvalue weighted by Gasteiger charge is -1.91. The Bertz CT molecular complexity index is 95.8. The number of aliphatic hydroxyl groups excluding tert-OH is 1. The van der Waals surface area contributed by atoms with Crippen LogP contribution in [0.3, 0.4) is 0 Å². The predicted molar refractivity (Wildman–Crippen MR) is 28.4 cm³/mol. The van der Waals surface area contributed by atoms with Gasteiger partial charge in [-0.25, -0.2) is 4.79 Å². The minimum atomic E-state index is -0.519. The minimum absolute atomic E-state index is 0.336. The van der Waals surface area contributed by atoms with E-state index < -0.39 is 5.97 Å². The molecular formula is C5H8O3. The van der Waals surface area contributed by atoms with Crippen molar-refractivity contribution < 1.29 is 14.6 Å². The van der Waals surface area contributed by atoms with Crippen molar-refractivity contribution in [3.63, 3.8) is 0 Å². The van der Waals surface area contributed by atoms with Crippen LogP contribution in [0.2, 0.25) is 0 Å². The van der Waals surface area contributed by atoms with E-state index in [0.29, 0.717) is 12.9 Å². The van der Waals surface area contributed by atoms with Crippen molar-refractivity contribution in [3.05, 3.63) is 12.3 Å². The Balaban J connectivity index is 3.33. The molecule has 0 unspecified atom stereocenters. The first-order chi connectivity index (χ1) is 3.81. The zero-order valence-corrected chi connectivity index (χ0v) is 4.63. The van der Waals surface area contributed by atoms with Crippen molar-refractivity contribution >= 4 is 5.97 Å². The van der Waals surface area contributed by atoms with E-state index in [9.17, 15) is 4.79 Å². The molecule has 0 rings (SSSR count). The topological polar surface area (TPSA) is 46.5 Å². The maximum absolute atomic E-state index is 10.2. The van der Waals surface area contributed by atoms with Gasteiger partial charge in [-0.3, -0.25) is 0 Å². The number of rotatable bonds is 2. The molecule has 0 aromatic heterocycles. The van der Waals surface area contributed by atoms with Crippen molar-refractivity contribution in [2.75, 3.05) is 6.61 Å². The highest BCUT2D eigenvalue weighted by Crippen LogP contribution is 1.77. The number of carbonyl (C=O) groups is 1.